The van der Waals surface area contributed by atoms with Crippen LogP contribution in [0.25, 0.3) is 0 Å². The van der Waals surface area contributed by atoms with Crippen molar-refractivity contribution in [3.8, 4) is 0 Å². The summed E-state index contributed by atoms with van der Waals surface area (Å²) < 4.78 is 0. The van der Waals surface area contributed by atoms with Gasteiger partial charge in [0.15, 0.2) is 5.82 Å². The summed E-state index contributed by atoms with van der Waals surface area (Å²) in [6.07, 6.45) is 0. The number of nitrogens with one attached hydrogen (secondary N) is 2. The second-order valence-electron chi connectivity index (χ2n) is 2.95. The van der Waals surface area contributed by atoms with Crippen LogP contribution in [-0.2, 0) is 13.1 Å². The van der Waals surface area contributed by atoms with Crippen molar-refractivity contribution in [1.82, 2.24) is 15.1 Å². The zero-order valence-electron chi connectivity index (χ0n) is 6.81. The van der Waals surface area contributed by atoms with E-state index in [-0.39, 0.29) is 0 Å². The molecule has 0 spiro atoms. The summed E-state index contributed by atoms with van der Waals surface area (Å²) in [6.45, 7) is 1.99. The van der Waals surface area contributed by atoms with E-state index in [1.807, 2.05) is 7.05 Å². The highest BCUT2D eigenvalue weighted by Crippen LogP contribution is 2.24. The first kappa shape index (κ1) is 6.67. The molecule has 4 heteroatoms. The predicted molar refractivity (Wildman–Crippen MR) is 43.3 cm³/mol. The number of hydrogen-bond acceptors (Lipinski definition) is 3. The highest BCUT2D eigenvalue weighted by Gasteiger charge is 2.20. The number of anilines is 1. The van der Waals surface area contributed by atoms with E-state index in [1.54, 1.807) is 0 Å². The first-order chi connectivity index (χ1) is 5.31. The van der Waals surface area contributed by atoms with Crippen molar-refractivity contribution in [3.63, 3.8) is 0 Å². The maximum atomic E-state index is 4.13. The number of hydrogen-bond donors (Lipinski definition) is 2. The molecule has 0 saturated heterocycles. The molecule has 4 nitrogen and oxygen atoms in total. The fourth-order valence-corrected chi connectivity index (χ4v) is 1.50. The van der Waals surface area contributed by atoms with Crippen LogP contribution in [0.4, 0.5) is 5.82 Å². The molecule has 1 aromatic rings. The number of aromatic amines is 1. The molecule has 2 rings (SSSR count). The molecule has 60 valence electrons. The van der Waals surface area contributed by atoms with Crippen LogP contribution in [0.5, 0.6) is 0 Å². The third kappa shape index (κ3) is 0.903. The van der Waals surface area contributed by atoms with E-state index in [1.165, 1.54) is 11.3 Å². The molecule has 0 radical (unpaired) electrons. The highest BCUT2D eigenvalue weighted by molar-refractivity contribution is 5.47. The van der Waals surface area contributed by atoms with Gasteiger partial charge in [-0.1, -0.05) is 0 Å². The number of H-pyrrole nitrogens is 1. The van der Waals surface area contributed by atoms with E-state index in [4.69, 9.17) is 0 Å². The average Bonchev–Trinajstić information content (AvgIpc) is 2.45. The van der Waals surface area contributed by atoms with E-state index in [0.717, 1.165) is 18.9 Å². The van der Waals surface area contributed by atoms with Crippen molar-refractivity contribution in [1.29, 1.82) is 0 Å². The van der Waals surface area contributed by atoms with Crippen LogP contribution in [0.15, 0.2) is 0 Å². The van der Waals surface area contributed by atoms with Crippen LogP contribution in [-0.4, -0.2) is 29.2 Å². The zero-order valence-corrected chi connectivity index (χ0v) is 6.81. The molecule has 1 aromatic heterocycles. The van der Waals surface area contributed by atoms with Crippen molar-refractivity contribution >= 4 is 5.82 Å². The zero-order chi connectivity index (χ0) is 7.84. The number of rotatable bonds is 1. The molecule has 2 heterocycles. The largest absolute Gasteiger partial charge is 0.371 e. The van der Waals surface area contributed by atoms with Crippen LogP contribution in [0.3, 0.4) is 0 Å². The van der Waals surface area contributed by atoms with E-state index in [2.05, 4.69) is 27.5 Å². The summed E-state index contributed by atoms with van der Waals surface area (Å²) >= 11 is 0. The lowest BCUT2D eigenvalue weighted by atomic mass is 10.3. The summed E-state index contributed by atoms with van der Waals surface area (Å²) in [5.74, 6) is 0.990. The quantitative estimate of drug-likeness (QED) is 0.612. The molecule has 11 heavy (non-hydrogen) atoms. The van der Waals surface area contributed by atoms with Gasteiger partial charge < -0.3 is 5.32 Å². The standard InChI is InChI=1S/C7H12N4/c1-8-7-5-3-11(2)4-6(5)9-10-7/h3-4H2,1-2H3,(H2,8,9,10). The van der Waals surface area contributed by atoms with Gasteiger partial charge in [-0.25, -0.2) is 0 Å². The minimum absolute atomic E-state index is 0.990. The average molecular weight is 152 g/mol. The van der Waals surface area contributed by atoms with E-state index in [0.29, 0.717) is 0 Å². The Morgan fingerprint density at radius 2 is 2.36 bits per heavy atom. The Balaban J connectivity index is 2.37. The molecule has 0 bridgehead atoms. The lowest BCUT2D eigenvalue weighted by Gasteiger charge is -2.04. The van der Waals surface area contributed by atoms with Gasteiger partial charge >= 0.3 is 0 Å². The maximum absolute atomic E-state index is 4.13. The van der Waals surface area contributed by atoms with Gasteiger partial charge in [0.05, 0.1) is 5.69 Å². The Morgan fingerprint density at radius 1 is 1.55 bits per heavy atom. The summed E-state index contributed by atoms with van der Waals surface area (Å²) in [5.41, 5.74) is 2.56. The second kappa shape index (κ2) is 2.23. The number of nitrogens with zero attached hydrogens (tertiary/aromatic N) is 2. The molecule has 0 unspecified atom stereocenters. The van der Waals surface area contributed by atoms with Gasteiger partial charge in [0.25, 0.3) is 0 Å². The third-order valence-corrected chi connectivity index (χ3v) is 2.05. The minimum atomic E-state index is 0.990. The van der Waals surface area contributed by atoms with Gasteiger partial charge in [-0.3, -0.25) is 10.00 Å². The normalized spacial score (nSPS) is 16.9. The van der Waals surface area contributed by atoms with E-state index < -0.39 is 0 Å². The van der Waals surface area contributed by atoms with Gasteiger partial charge in [0.2, 0.25) is 0 Å². The molecule has 0 amide bonds. The first-order valence-corrected chi connectivity index (χ1v) is 3.73. The van der Waals surface area contributed by atoms with E-state index in [9.17, 15) is 0 Å². The Labute approximate surface area is 65.6 Å². The molecule has 1 aliphatic rings. The van der Waals surface area contributed by atoms with Crippen molar-refractivity contribution in [2.45, 2.75) is 13.1 Å². The highest BCUT2D eigenvalue weighted by atomic mass is 15.2. The summed E-state index contributed by atoms with van der Waals surface area (Å²) in [6, 6.07) is 0. The Kier molecular flexibility index (Phi) is 1.35. The van der Waals surface area contributed by atoms with Gasteiger partial charge in [-0.15, -0.1) is 0 Å². The fraction of sp³-hybridized carbons (Fsp3) is 0.571. The van der Waals surface area contributed by atoms with Gasteiger partial charge in [0.1, 0.15) is 0 Å². The molecular weight excluding hydrogens is 140 g/mol. The number of aromatic nitrogens is 2. The van der Waals surface area contributed by atoms with Gasteiger partial charge in [-0.05, 0) is 7.05 Å². The second-order valence-corrected chi connectivity index (χ2v) is 2.95. The van der Waals surface area contributed by atoms with Crippen molar-refractivity contribution in [3.05, 3.63) is 11.3 Å². The van der Waals surface area contributed by atoms with Crippen molar-refractivity contribution in [2.75, 3.05) is 19.4 Å². The fourth-order valence-electron chi connectivity index (χ4n) is 1.50. The molecule has 0 atom stereocenters. The van der Waals surface area contributed by atoms with Gasteiger partial charge in [-0.2, -0.15) is 5.10 Å². The van der Waals surface area contributed by atoms with Crippen LogP contribution in [0, 0.1) is 0 Å². The van der Waals surface area contributed by atoms with Crippen LogP contribution >= 0.6 is 0 Å². The molecular formula is C7H12N4. The summed E-state index contributed by atoms with van der Waals surface area (Å²) in [7, 11) is 4.00. The molecule has 0 aromatic carbocycles. The van der Waals surface area contributed by atoms with Crippen molar-refractivity contribution in [2.24, 2.45) is 0 Å². The SMILES string of the molecule is CNc1n[nH]c2c1CN(C)C2. The predicted octanol–water partition coefficient (Wildman–Crippen LogP) is 0.397. The van der Waals surface area contributed by atoms with Crippen molar-refractivity contribution < 1.29 is 0 Å². The molecule has 2 N–H and O–H groups in total. The number of fused-ring (bicyclic) bond motifs is 1. The lowest BCUT2D eigenvalue weighted by molar-refractivity contribution is 0.349. The summed E-state index contributed by atoms with van der Waals surface area (Å²) in [4.78, 5) is 2.25. The van der Waals surface area contributed by atoms with E-state index >= 15 is 0 Å². The molecule has 0 saturated carbocycles. The third-order valence-electron chi connectivity index (χ3n) is 2.05. The van der Waals surface area contributed by atoms with Crippen LogP contribution in [0.1, 0.15) is 11.3 Å². The maximum Gasteiger partial charge on any atom is 0.152 e. The smallest absolute Gasteiger partial charge is 0.152 e. The topological polar surface area (TPSA) is 44.0 Å². The molecule has 1 aliphatic heterocycles. The monoisotopic (exact) mass is 152 g/mol. The Morgan fingerprint density at radius 3 is 3.09 bits per heavy atom. The minimum Gasteiger partial charge on any atom is -0.371 e. The Bertz CT molecular complexity index is 265. The first-order valence-electron chi connectivity index (χ1n) is 3.73. The molecule has 0 fully saturated rings. The van der Waals surface area contributed by atoms with Crippen LogP contribution < -0.4 is 5.32 Å². The lowest BCUT2D eigenvalue weighted by Crippen LogP contribution is -2.09. The summed E-state index contributed by atoms with van der Waals surface area (Å²) in [5, 5.41) is 10.2. The Hall–Kier alpha value is -1.03. The van der Waals surface area contributed by atoms with Gasteiger partial charge in [0, 0.05) is 25.7 Å². The van der Waals surface area contributed by atoms with Crippen LogP contribution in [0.2, 0.25) is 0 Å². The molecule has 0 aliphatic carbocycles.